The number of morpholine rings is 1. The zero-order valence-corrected chi connectivity index (χ0v) is 17.6. The van der Waals surface area contributed by atoms with E-state index in [-0.39, 0.29) is 0 Å². The summed E-state index contributed by atoms with van der Waals surface area (Å²) in [7, 11) is 0. The van der Waals surface area contributed by atoms with E-state index in [9.17, 15) is 0 Å². The third-order valence-electron chi connectivity index (χ3n) is 7.87. The Balaban J connectivity index is 1.37. The Morgan fingerprint density at radius 2 is 1.81 bits per heavy atom. The van der Waals surface area contributed by atoms with Crippen LogP contribution in [0.1, 0.15) is 58.4 Å². The molecule has 3 heteroatoms. The molecule has 27 heavy (non-hydrogen) atoms. The molecule has 0 spiro atoms. The lowest BCUT2D eigenvalue weighted by molar-refractivity contribution is -0.0361. The Bertz CT molecular complexity index is 614. The van der Waals surface area contributed by atoms with Crippen LogP contribution in [0.4, 0.5) is 0 Å². The summed E-state index contributed by atoms with van der Waals surface area (Å²) in [6.07, 6.45) is 6.76. The van der Waals surface area contributed by atoms with Gasteiger partial charge < -0.3 is 4.74 Å². The van der Waals surface area contributed by atoms with Gasteiger partial charge in [-0.15, -0.1) is 0 Å². The van der Waals surface area contributed by atoms with Crippen molar-refractivity contribution < 1.29 is 4.74 Å². The minimum absolute atomic E-state index is 0.314. The van der Waals surface area contributed by atoms with Gasteiger partial charge in [0.2, 0.25) is 0 Å². The zero-order valence-electron chi connectivity index (χ0n) is 17.6. The molecule has 3 aliphatic heterocycles. The van der Waals surface area contributed by atoms with Gasteiger partial charge in [-0.2, -0.15) is 0 Å². The van der Waals surface area contributed by atoms with Crippen molar-refractivity contribution in [3.63, 3.8) is 0 Å². The van der Waals surface area contributed by atoms with Crippen molar-refractivity contribution in [2.75, 3.05) is 39.4 Å². The summed E-state index contributed by atoms with van der Waals surface area (Å²) in [5.74, 6) is 0.880. The maximum atomic E-state index is 5.53. The molecule has 4 rings (SSSR count). The van der Waals surface area contributed by atoms with E-state index in [1.54, 1.807) is 0 Å². The number of hydrogen-bond donors (Lipinski definition) is 0. The number of ether oxygens (including phenoxy) is 1. The molecule has 4 unspecified atom stereocenters. The van der Waals surface area contributed by atoms with Gasteiger partial charge >= 0.3 is 0 Å². The van der Waals surface area contributed by atoms with E-state index in [4.69, 9.17) is 4.74 Å². The summed E-state index contributed by atoms with van der Waals surface area (Å²) in [5, 5.41) is 0. The Hall–Kier alpha value is -0.900. The zero-order chi connectivity index (χ0) is 18.9. The highest BCUT2D eigenvalue weighted by atomic mass is 16.5. The van der Waals surface area contributed by atoms with Crippen LogP contribution >= 0.6 is 0 Å². The van der Waals surface area contributed by atoms with Crippen molar-refractivity contribution in [1.82, 2.24) is 9.80 Å². The summed E-state index contributed by atoms with van der Waals surface area (Å²) >= 11 is 0. The van der Waals surface area contributed by atoms with E-state index >= 15 is 0 Å². The summed E-state index contributed by atoms with van der Waals surface area (Å²) in [6.45, 7) is 14.0. The Morgan fingerprint density at radius 1 is 1.07 bits per heavy atom. The first kappa shape index (κ1) is 19.4. The van der Waals surface area contributed by atoms with E-state index in [2.05, 4.69) is 60.9 Å². The molecule has 1 aromatic carbocycles. The number of nitrogens with zero attached hydrogens (tertiary/aromatic N) is 2. The number of fused-ring (bicyclic) bond motifs is 1. The van der Waals surface area contributed by atoms with E-state index < -0.39 is 0 Å². The van der Waals surface area contributed by atoms with Gasteiger partial charge in [0.25, 0.3) is 0 Å². The second-order valence-corrected chi connectivity index (χ2v) is 9.94. The van der Waals surface area contributed by atoms with E-state index in [0.717, 1.165) is 32.2 Å². The SMILES string of the molecule is CC(CC1CCN2CC(C)(c3ccccc3)CCC2(C)C1)N1CCOCC1. The van der Waals surface area contributed by atoms with E-state index in [0.29, 0.717) is 17.0 Å². The van der Waals surface area contributed by atoms with Gasteiger partial charge in [-0.3, -0.25) is 9.80 Å². The largest absolute Gasteiger partial charge is 0.379 e. The summed E-state index contributed by atoms with van der Waals surface area (Å²) in [5.41, 5.74) is 2.24. The molecule has 3 fully saturated rings. The van der Waals surface area contributed by atoms with Crippen LogP contribution in [0.15, 0.2) is 30.3 Å². The van der Waals surface area contributed by atoms with Crippen LogP contribution in [0, 0.1) is 5.92 Å². The fourth-order valence-electron chi connectivity index (χ4n) is 5.96. The highest BCUT2D eigenvalue weighted by molar-refractivity contribution is 5.26. The van der Waals surface area contributed by atoms with Crippen molar-refractivity contribution in [1.29, 1.82) is 0 Å². The first-order valence-electron chi connectivity index (χ1n) is 11.1. The van der Waals surface area contributed by atoms with Gasteiger partial charge in [-0.25, -0.2) is 0 Å². The van der Waals surface area contributed by atoms with Crippen molar-refractivity contribution in [2.24, 2.45) is 5.92 Å². The molecule has 4 atom stereocenters. The molecular formula is C24H38N2O. The Morgan fingerprint density at radius 3 is 2.56 bits per heavy atom. The monoisotopic (exact) mass is 370 g/mol. The molecule has 150 valence electrons. The molecule has 3 aliphatic rings. The van der Waals surface area contributed by atoms with Crippen LogP contribution in [-0.2, 0) is 10.2 Å². The van der Waals surface area contributed by atoms with Gasteiger partial charge in [-0.1, -0.05) is 37.3 Å². The Labute approximate surface area is 166 Å². The number of benzene rings is 1. The molecule has 3 nitrogen and oxygen atoms in total. The molecule has 3 saturated heterocycles. The summed E-state index contributed by atoms with van der Waals surface area (Å²) < 4.78 is 5.53. The average Bonchev–Trinajstić information content (AvgIpc) is 2.70. The lowest BCUT2D eigenvalue weighted by Crippen LogP contribution is -2.60. The van der Waals surface area contributed by atoms with E-state index in [1.807, 2.05) is 0 Å². The first-order chi connectivity index (χ1) is 13.0. The maximum absolute atomic E-state index is 5.53. The van der Waals surface area contributed by atoms with Crippen molar-refractivity contribution in [3.05, 3.63) is 35.9 Å². The molecular weight excluding hydrogens is 332 g/mol. The van der Waals surface area contributed by atoms with E-state index in [1.165, 1.54) is 50.8 Å². The van der Waals surface area contributed by atoms with Gasteiger partial charge in [0.15, 0.2) is 0 Å². The first-order valence-corrected chi connectivity index (χ1v) is 11.1. The van der Waals surface area contributed by atoms with Crippen LogP contribution in [0.3, 0.4) is 0 Å². The van der Waals surface area contributed by atoms with Crippen molar-refractivity contribution in [2.45, 2.75) is 69.9 Å². The number of piperidine rings is 2. The van der Waals surface area contributed by atoms with Gasteiger partial charge in [0.1, 0.15) is 0 Å². The molecule has 0 amide bonds. The van der Waals surface area contributed by atoms with Crippen LogP contribution < -0.4 is 0 Å². The molecule has 0 bridgehead atoms. The maximum Gasteiger partial charge on any atom is 0.0594 e. The number of rotatable bonds is 4. The Kier molecular flexibility index (Phi) is 5.64. The molecule has 0 radical (unpaired) electrons. The average molecular weight is 371 g/mol. The smallest absolute Gasteiger partial charge is 0.0594 e. The second-order valence-electron chi connectivity index (χ2n) is 9.94. The normalized spacial score (nSPS) is 36.9. The minimum Gasteiger partial charge on any atom is -0.379 e. The van der Waals surface area contributed by atoms with Gasteiger partial charge in [0.05, 0.1) is 13.2 Å². The van der Waals surface area contributed by atoms with Gasteiger partial charge in [0, 0.05) is 36.6 Å². The van der Waals surface area contributed by atoms with Crippen LogP contribution in [-0.4, -0.2) is 60.8 Å². The quantitative estimate of drug-likeness (QED) is 0.785. The molecule has 3 heterocycles. The summed E-state index contributed by atoms with van der Waals surface area (Å²) in [4.78, 5) is 5.48. The standard InChI is InChI=1S/C24H38N2O/c1-20(25-13-15-27-16-14-25)17-21-9-12-26-19-23(2,10-11-24(26,3)18-21)22-7-5-4-6-8-22/h4-8,20-21H,9-19H2,1-3H3. The lowest BCUT2D eigenvalue weighted by atomic mass is 9.66. The van der Waals surface area contributed by atoms with Crippen molar-refractivity contribution >= 4 is 0 Å². The second kappa shape index (κ2) is 7.85. The number of hydrogen-bond acceptors (Lipinski definition) is 3. The van der Waals surface area contributed by atoms with Crippen molar-refractivity contribution in [3.8, 4) is 0 Å². The van der Waals surface area contributed by atoms with Crippen LogP contribution in [0.25, 0.3) is 0 Å². The predicted octanol–water partition coefficient (Wildman–Crippen LogP) is 4.32. The third kappa shape index (κ3) is 4.11. The summed E-state index contributed by atoms with van der Waals surface area (Å²) in [6, 6.07) is 11.9. The molecule has 0 saturated carbocycles. The molecule has 1 aromatic rings. The molecule has 0 aromatic heterocycles. The highest BCUT2D eigenvalue weighted by Gasteiger charge is 2.46. The van der Waals surface area contributed by atoms with Crippen LogP contribution in [0.5, 0.6) is 0 Å². The topological polar surface area (TPSA) is 15.7 Å². The predicted molar refractivity (Wildman–Crippen MR) is 112 cm³/mol. The minimum atomic E-state index is 0.314. The fourth-order valence-corrected chi connectivity index (χ4v) is 5.96. The van der Waals surface area contributed by atoms with Crippen LogP contribution in [0.2, 0.25) is 0 Å². The lowest BCUT2D eigenvalue weighted by Gasteiger charge is -2.56. The molecule has 0 aliphatic carbocycles. The third-order valence-corrected chi connectivity index (χ3v) is 7.87. The highest BCUT2D eigenvalue weighted by Crippen LogP contribution is 2.46. The molecule has 0 N–H and O–H groups in total. The fraction of sp³-hybridized carbons (Fsp3) is 0.750. The van der Waals surface area contributed by atoms with Gasteiger partial charge in [-0.05, 0) is 64.0 Å².